The molecule has 8 heteroatoms. The van der Waals surface area contributed by atoms with Gasteiger partial charge in [-0.15, -0.1) is 0 Å². The quantitative estimate of drug-likeness (QED) is 0.789. The molecule has 2 bridgehead atoms. The first-order valence-electron chi connectivity index (χ1n) is 11.1. The van der Waals surface area contributed by atoms with Gasteiger partial charge in [0.15, 0.2) is 0 Å². The molecule has 1 fully saturated rings. The number of aromatic nitrogens is 2. The van der Waals surface area contributed by atoms with E-state index in [2.05, 4.69) is 27.2 Å². The van der Waals surface area contributed by atoms with Crippen molar-refractivity contribution in [2.24, 2.45) is 0 Å². The highest BCUT2D eigenvalue weighted by Crippen LogP contribution is 2.24. The number of rotatable bonds is 2. The minimum absolute atomic E-state index is 0.207. The number of fused-ring (bicyclic) bond motifs is 3. The van der Waals surface area contributed by atoms with Crippen LogP contribution in [0.25, 0.3) is 0 Å². The van der Waals surface area contributed by atoms with Gasteiger partial charge in [0.1, 0.15) is 17.3 Å². The van der Waals surface area contributed by atoms with Crippen LogP contribution < -0.4 is 4.74 Å². The molecule has 0 radical (unpaired) electrons. The van der Waals surface area contributed by atoms with Gasteiger partial charge in [-0.25, -0.2) is 8.42 Å². The molecule has 1 aromatic carbocycles. The molecule has 7 nitrogen and oxygen atoms in total. The molecule has 1 atom stereocenters. The minimum atomic E-state index is -3.58. The molecule has 0 aliphatic carbocycles. The van der Waals surface area contributed by atoms with Crippen molar-refractivity contribution >= 4 is 10.0 Å². The number of hydrogen-bond donors (Lipinski definition) is 1. The maximum absolute atomic E-state index is 13.0. The van der Waals surface area contributed by atoms with Crippen LogP contribution in [0.3, 0.4) is 0 Å². The highest BCUT2D eigenvalue weighted by Gasteiger charge is 2.26. The van der Waals surface area contributed by atoms with E-state index in [1.54, 1.807) is 0 Å². The summed E-state index contributed by atoms with van der Waals surface area (Å²) in [7, 11) is -3.58. The minimum Gasteiger partial charge on any atom is -0.492 e. The van der Waals surface area contributed by atoms with Gasteiger partial charge < -0.3 is 9.64 Å². The lowest BCUT2D eigenvalue weighted by Gasteiger charge is -2.36. The smallest absolute Gasteiger partial charge is 0.246 e. The number of aryl methyl sites for hydroxylation is 1. The van der Waals surface area contributed by atoms with Gasteiger partial charge >= 0.3 is 0 Å². The van der Waals surface area contributed by atoms with E-state index in [-0.39, 0.29) is 4.90 Å². The van der Waals surface area contributed by atoms with Crippen molar-refractivity contribution in [1.29, 1.82) is 0 Å². The lowest BCUT2D eigenvalue weighted by molar-refractivity contribution is 0.137. The van der Waals surface area contributed by atoms with Crippen molar-refractivity contribution in [1.82, 2.24) is 19.4 Å². The van der Waals surface area contributed by atoms with Gasteiger partial charge in [0.05, 0.1) is 6.20 Å². The summed E-state index contributed by atoms with van der Waals surface area (Å²) in [6.07, 6.45) is 10.7. The average molecular weight is 433 g/mol. The number of piperidine rings is 1. The average Bonchev–Trinajstić information content (AvgIpc) is 3.30. The van der Waals surface area contributed by atoms with Crippen molar-refractivity contribution in [3.63, 3.8) is 0 Å². The monoisotopic (exact) mass is 432 g/mol. The first kappa shape index (κ1) is 21.3. The number of ether oxygens (including phenoxy) is 1. The summed E-state index contributed by atoms with van der Waals surface area (Å²) in [5.74, 6) is 0.809. The van der Waals surface area contributed by atoms with Crippen molar-refractivity contribution in [2.75, 3.05) is 32.8 Å². The second-order valence-electron chi connectivity index (χ2n) is 8.27. The molecule has 0 spiro atoms. The zero-order chi connectivity index (χ0) is 20.8. The Kier molecular flexibility index (Phi) is 7.07. The molecule has 2 aliphatic heterocycles. The fourth-order valence-corrected chi connectivity index (χ4v) is 5.93. The number of benzene rings is 1. The molecule has 2 aliphatic rings. The predicted molar refractivity (Wildman–Crippen MR) is 116 cm³/mol. The van der Waals surface area contributed by atoms with E-state index < -0.39 is 10.0 Å². The van der Waals surface area contributed by atoms with Gasteiger partial charge in [0.2, 0.25) is 10.0 Å². The van der Waals surface area contributed by atoms with E-state index in [9.17, 15) is 8.42 Å². The van der Waals surface area contributed by atoms with Gasteiger partial charge in [0.25, 0.3) is 0 Å². The molecule has 0 amide bonds. The lowest BCUT2D eigenvalue weighted by atomic mass is 9.95. The van der Waals surface area contributed by atoms with Crippen LogP contribution in [-0.4, -0.2) is 66.6 Å². The predicted octanol–water partition coefficient (Wildman–Crippen LogP) is 3.06. The zero-order valence-corrected chi connectivity index (χ0v) is 18.3. The van der Waals surface area contributed by atoms with Crippen molar-refractivity contribution in [3.05, 3.63) is 42.2 Å². The highest BCUT2D eigenvalue weighted by molar-refractivity contribution is 7.89. The Morgan fingerprint density at radius 2 is 1.87 bits per heavy atom. The van der Waals surface area contributed by atoms with Crippen LogP contribution in [0.1, 0.15) is 44.1 Å². The fourth-order valence-electron chi connectivity index (χ4n) is 4.56. The molecule has 0 saturated carbocycles. The Labute approximate surface area is 179 Å². The van der Waals surface area contributed by atoms with Crippen molar-refractivity contribution < 1.29 is 13.2 Å². The third-order valence-electron chi connectivity index (χ3n) is 6.24. The van der Waals surface area contributed by atoms with E-state index in [4.69, 9.17) is 4.74 Å². The molecule has 1 saturated heterocycles. The molecule has 3 heterocycles. The summed E-state index contributed by atoms with van der Waals surface area (Å²) >= 11 is 0. The van der Waals surface area contributed by atoms with E-state index in [1.807, 2.05) is 12.1 Å². The number of H-pyrrole nitrogens is 1. The largest absolute Gasteiger partial charge is 0.492 e. The molecule has 30 heavy (non-hydrogen) atoms. The van der Waals surface area contributed by atoms with Gasteiger partial charge in [-0.1, -0.05) is 18.6 Å². The maximum Gasteiger partial charge on any atom is 0.246 e. The summed E-state index contributed by atoms with van der Waals surface area (Å²) in [4.78, 5) is 2.83. The lowest BCUT2D eigenvalue weighted by Crippen LogP contribution is -2.40. The molecule has 4 rings (SSSR count). The van der Waals surface area contributed by atoms with Gasteiger partial charge in [-0.2, -0.15) is 9.40 Å². The van der Waals surface area contributed by atoms with E-state index in [0.717, 1.165) is 38.1 Å². The third-order valence-corrected chi connectivity index (χ3v) is 8.10. The van der Waals surface area contributed by atoms with Crippen LogP contribution in [-0.2, 0) is 16.4 Å². The maximum atomic E-state index is 13.0. The number of nitrogens with zero attached hydrogens (tertiary/aromatic N) is 3. The molecular weight excluding hydrogens is 400 g/mol. The number of aromatic amines is 1. The van der Waals surface area contributed by atoms with Crippen LogP contribution in [0.15, 0.2) is 41.6 Å². The molecular formula is C22H32N4O3S. The van der Waals surface area contributed by atoms with E-state index in [0.29, 0.717) is 25.7 Å². The second kappa shape index (κ2) is 9.94. The summed E-state index contributed by atoms with van der Waals surface area (Å²) in [5, 5.41) is 6.42. The molecule has 2 aromatic rings. The Bertz CT molecular complexity index is 901. The Hall–Kier alpha value is -1.90. The summed E-state index contributed by atoms with van der Waals surface area (Å²) in [6, 6.07) is 8.86. The van der Waals surface area contributed by atoms with Crippen LogP contribution in [0.2, 0.25) is 0 Å². The van der Waals surface area contributed by atoms with Gasteiger partial charge in [-0.3, -0.25) is 5.10 Å². The Morgan fingerprint density at radius 3 is 2.70 bits per heavy atom. The Balaban J connectivity index is 1.52. The second-order valence-corrected chi connectivity index (χ2v) is 10.2. The molecule has 1 N–H and O–H groups in total. The SMILES string of the molecule is O=S(=O)(c1cn[nH]c1)N1CCCCN2CCCCC2CCc2cccc(c2)OCC1. The summed E-state index contributed by atoms with van der Waals surface area (Å²) in [6.45, 7) is 3.35. The van der Waals surface area contributed by atoms with E-state index >= 15 is 0 Å². The van der Waals surface area contributed by atoms with Gasteiger partial charge in [-0.05, 0) is 69.3 Å². The fraction of sp³-hybridized carbons (Fsp3) is 0.591. The van der Waals surface area contributed by atoms with Crippen LogP contribution in [0.4, 0.5) is 0 Å². The molecule has 1 aromatic heterocycles. The van der Waals surface area contributed by atoms with Gasteiger partial charge in [0, 0.05) is 25.3 Å². The Morgan fingerprint density at radius 1 is 1.03 bits per heavy atom. The van der Waals surface area contributed by atoms with Crippen LogP contribution in [0.5, 0.6) is 5.75 Å². The van der Waals surface area contributed by atoms with E-state index in [1.165, 1.54) is 47.9 Å². The first-order valence-corrected chi connectivity index (χ1v) is 12.5. The normalized spacial score (nSPS) is 23.0. The summed E-state index contributed by atoms with van der Waals surface area (Å²) in [5.41, 5.74) is 1.29. The number of sulfonamides is 1. The van der Waals surface area contributed by atoms with Crippen LogP contribution >= 0.6 is 0 Å². The zero-order valence-electron chi connectivity index (χ0n) is 17.5. The summed E-state index contributed by atoms with van der Waals surface area (Å²) < 4.78 is 33.6. The standard InChI is InChI=1S/C22H32N4O3S/c27-30(28,22-17-23-24-18-22)26-13-4-3-12-25-11-2-1-7-20(25)10-9-19-6-5-8-21(16-19)29-15-14-26/h5-6,8,16-18,20H,1-4,7,9-15H2,(H,23,24). The van der Waals surface area contributed by atoms with Crippen LogP contribution in [0, 0.1) is 0 Å². The van der Waals surface area contributed by atoms with Crippen molar-refractivity contribution in [3.8, 4) is 5.75 Å². The molecule has 164 valence electrons. The molecule has 1 unspecified atom stereocenters. The first-order chi connectivity index (χ1) is 14.6. The highest BCUT2D eigenvalue weighted by atomic mass is 32.2. The third kappa shape index (κ3) is 5.22. The van der Waals surface area contributed by atoms with Crippen molar-refractivity contribution in [2.45, 2.75) is 55.9 Å². The number of hydrogen-bond acceptors (Lipinski definition) is 5. The number of nitrogens with one attached hydrogen (secondary N) is 1. The topological polar surface area (TPSA) is 78.5 Å².